The van der Waals surface area contributed by atoms with E-state index in [2.05, 4.69) is 67.2 Å². The number of benzene rings is 1. The average molecular weight is 339 g/mol. The number of rotatable bonds is 3. The van der Waals surface area contributed by atoms with E-state index >= 15 is 0 Å². The molecule has 17 heavy (non-hydrogen) atoms. The SMILES string of the molecule is CC[n+]1cccc(Cc2cccc(C)c2)c1.[I-]. The van der Waals surface area contributed by atoms with E-state index in [0.717, 1.165) is 13.0 Å². The van der Waals surface area contributed by atoms with Gasteiger partial charge in [0, 0.05) is 18.1 Å². The van der Waals surface area contributed by atoms with E-state index in [1.807, 2.05) is 0 Å². The standard InChI is InChI=1S/C15H18N.HI/c1-3-16-9-5-8-15(12-16)11-14-7-4-6-13(2)10-14;/h4-10,12H,3,11H2,1-2H3;1H/q+1;/p-1. The molecule has 1 nitrogen and oxygen atoms in total. The summed E-state index contributed by atoms with van der Waals surface area (Å²) >= 11 is 0. The van der Waals surface area contributed by atoms with Crippen molar-refractivity contribution in [3.05, 3.63) is 65.5 Å². The van der Waals surface area contributed by atoms with Crippen LogP contribution in [0.3, 0.4) is 0 Å². The maximum absolute atomic E-state index is 2.25. The predicted molar refractivity (Wildman–Crippen MR) is 66.3 cm³/mol. The fourth-order valence-electron chi connectivity index (χ4n) is 1.94. The van der Waals surface area contributed by atoms with Gasteiger partial charge in [0.1, 0.15) is 6.54 Å². The largest absolute Gasteiger partial charge is 1.00 e. The van der Waals surface area contributed by atoms with Crippen LogP contribution in [0.4, 0.5) is 0 Å². The molecule has 2 aromatic rings. The Morgan fingerprint density at radius 3 is 2.53 bits per heavy atom. The summed E-state index contributed by atoms with van der Waals surface area (Å²) in [5, 5.41) is 0. The second-order valence-corrected chi connectivity index (χ2v) is 4.21. The molecule has 2 heteroatoms. The molecule has 0 saturated carbocycles. The molecule has 0 aliphatic heterocycles. The Kier molecular flexibility index (Phi) is 5.62. The molecule has 0 unspecified atom stereocenters. The van der Waals surface area contributed by atoms with Crippen LogP contribution in [0.5, 0.6) is 0 Å². The van der Waals surface area contributed by atoms with Crippen molar-refractivity contribution in [2.24, 2.45) is 0 Å². The summed E-state index contributed by atoms with van der Waals surface area (Å²) in [7, 11) is 0. The molecular formula is C15H18IN. The van der Waals surface area contributed by atoms with Crippen molar-refractivity contribution in [2.45, 2.75) is 26.8 Å². The van der Waals surface area contributed by atoms with Crippen LogP contribution in [-0.2, 0) is 13.0 Å². The van der Waals surface area contributed by atoms with E-state index in [1.54, 1.807) is 0 Å². The van der Waals surface area contributed by atoms with Crippen LogP contribution in [0.25, 0.3) is 0 Å². The van der Waals surface area contributed by atoms with Gasteiger partial charge in [-0.15, -0.1) is 0 Å². The zero-order chi connectivity index (χ0) is 11.4. The molecule has 0 bridgehead atoms. The first-order chi connectivity index (χ1) is 7.78. The Balaban J connectivity index is 0.00000144. The third-order valence-electron chi connectivity index (χ3n) is 2.78. The van der Waals surface area contributed by atoms with Crippen LogP contribution < -0.4 is 28.5 Å². The second kappa shape index (κ2) is 6.74. The molecule has 0 amide bonds. The lowest BCUT2D eigenvalue weighted by Gasteiger charge is -2.02. The molecule has 0 aliphatic rings. The van der Waals surface area contributed by atoms with E-state index in [0.29, 0.717) is 0 Å². The van der Waals surface area contributed by atoms with E-state index in [1.165, 1.54) is 16.7 Å². The molecule has 0 N–H and O–H groups in total. The van der Waals surface area contributed by atoms with Gasteiger partial charge in [-0.05, 0) is 25.5 Å². The molecule has 0 fully saturated rings. The molecule has 0 atom stereocenters. The van der Waals surface area contributed by atoms with Crippen molar-refractivity contribution in [1.82, 2.24) is 0 Å². The van der Waals surface area contributed by atoms with Gasteiger partial charge in [-0.2, -0.15) is 0 Å². The lowest BCUT2D eigenvalue weighted by Crippen LogP contribution is -3.00. The summed E-state index contributed by atoms with van der Waals surface area (Å²) < 4.78 is 2.21. The van der Waals surface area contributed by atoms with Crippen LogP contribution in [0.15, 0.2) is 48.8 Å². The van der Waals surface area contributed by atoms with Gasteiger partial charge in [0.05, 0.1) is 0 Å². The third-order valence-corrected chi connectivity index (χ3v) is 2.78. The summed E-state index contributed by atoms with van der Waals surface area (Å²) in [6, 6.07) is 13.0. The van der Waals surface area contributed by atoms with E-state index < -0.39 is 0 Å². The molecule has 1 heterocycles. The van der Waals surface area contributed by atoms with E-state index in [-0.39, 0.29) is 24.0 Å². The van der Waals surface area contributed by atoms with Gasteiger partial charge in [0.2, 0.25) is 0 Å². The fourth-order valence-corrected chi connectivity index (χ4v) is 1.94. The van der Waals surface area contributed by atoms with Crippen LogP contribution in [-0.4, -0.2) is 0 Å². The molecular weight excluding hydrogens is 321 g/mol. The number of pyridine rings is 1. The number of halogens is 1. The molecule has 2 rings (SSSR count). The first-order valence-corrected chi connectivity index (χ1v) is 5.81. The zero-order valence-electron chi connectivity index (χ0n) is 10.4. The minimum atomic E-state index is 0. The van der Waals surface area contributed by atoms with E-state index in [4.69, 9.17) is 0 Å². The number of aromatic nitrogens is 1. The number of hydrogen-bond acceptors (Lipinski definition) is 0. The van der Waals surface area contributed by atoms with E-state index in [9.17, 15) is 0 Å². The van der Waals surface area contributed by atoms with Crippen LogP contribution in [0.2, 0.25) is 0 Å². The first-order valence-electron chi connectivity index (χ1n) is 5.81. The number of aryl methyl sites for hydroxylation is 2. The third kappa shape index (κ3) is 4.11. The quantitative estimate of drug-likeness (QED) is 0.543. The average Bonchev–Trinajstić information content (AvgIpc) is 2.29. The maximum Gasteiger partial charge on any atom is 0.172 e. The molecule has 0 spiro atoms. The van der Waals surface area contributed by atoms with Gasteiger partial charge >= 0.3 is 0 Å². The van der Waals surface area contributed by atoms with Crippen molar-refractivity contribution >= 4 is 0 Å². The Labute approximate surface area is 121 Å². The van der Waals surface area contributed by atoms with Crippen LogP contribution in [0, 0.1) is 6.92 Å². The highest BCUT2D eigenvalue weighted by atomic mass is 127. The minimum Gasteiger partial charge on any atom is -1.00 e. The normalized spacial score (nSPS) is 9.76. The lowest BCUT2D eigenvalue weighted by atomic mass is 10.0. The topological polar surface area (TPSA) is 3.88 Å². The molecule has 0 saturated heterocycles. The van der Waals surface area contributed by atoms with Crippen LogP contribution >= 0.6 is 0 Å². The van der Waals surface area contributed by atoms with Gasteiger partial charge < -0.3 is 24.0 Å². The van der Waals surface area contributed by atoms with Crippen molar-refractivity contribution in [3.63, 3.8) is 0 Å². The Morgan fingerprint density at radius 1 is 1.06 bits per heavy atom. The van der Waals surface area contributed by atoms with Gasteiger partial charge in [-0.1, -0.05) is 29.8 Å². The second-order valence-electron chi connectivity index (χ2n) is 4.21. The zero-order valence-corrected chi connectivity index (χ0v) is 12.5. The highest BCUT2D eigenvalue weighted by molar-refractivity contribution is 5.27. The lowest BCUT2D eigenvalue weighted by molar-refractivity contribution is -0.693. The highest BCUT2D eigenvalue weighted by Crippen LogP contribution is 2.09. The molecule has 0 aliphatic carbocycles. The van der Waals surface area contributed by atoms with Gasteiger partial charge in [-0.25, -0.2) is 4.57 Å². The Morgan fingerprint density at radius 2 is 1.82 bits per heavy atom. The molecule has 90 valence electrons. The number of nitrogens with zero attached hydrogens (tertiary/aromatic N) is 1. The summed E-state index contributed by atoms with van der Waals surface area (Å²) in [5.41, 5.74) is 4.08. The molecule has 1 aromatic heterocycles. The van der Waals surface area contributed by atoms with Crippen molar-refractivity contribution in [2.75, 3.05) is 0 Å². The van der Waals surface area contributed by atoms with Gasteiger partial charge in [0.15, 0.2) is 12.4 Å². The highest BCUT2D eigenvalue weighted by Gasteiger charge is 2.01. The monoisotopic (exact) mass is 339 g/mol. The van der Waals surface area contributed by atoms with Crippen molar-refractivity contribution in [1.29, 1.82) is 0 Å². The first kappa shape index (κ1) is 14.2. The minimum absolute atomic E-state index is 0. The summed E-state index contributed by atoms with van der Waals surface area (Å²) in [4.78, 5) is 0. The predicted octanol–water partition coefficient (Wildman–Crippen LogP) is -0.103. The van der Waals surface area contributed by atoms with Crippen molar-refractivity contribution in [3.8, 4) is 0 Å². The van der Waals surface area contributed by atoms with Gasteiger partial charge in [-0.3, -0.25) is 0 Å². The number of hydrogen-bond donors (Lipinski definition) is 0. The Bertz CT molecular complexity index is 480. The molecule has 0 radical (unpaired) electrons. The smallest absolute Gasteiger partial charge is 0.172 e. The fraction of sp³-hybridized carbons (Fsp3) is 0.267. The maximum atomic E-state index is 2.25. The summed E-state index contributed by atoms with van der Waals surface area (Å²) in [6.45, 7) is 5.33. The molecule has 1 aromatic carbocycles. The summed E-state index contributed by atoms with van der Waals surface area (Å²) in [6.07, 6.45) is 5.35. The van der Waals surface area contributed by atoms with Crippen LogP contribution in [0.1, 0.15) is 23.6 Å². The van der Waals surface area contributed by atoms with Gasteiger partial charge in [0.25, 0.3) is 0 Å². The Hall–Kier alpha value is -0.900. The summed E-state index contributed by atoms with van der Waals surface area (Å²) in [5.74, 6) is 0. The van der Waals surface area contributed by atoms with Crippen molar-refractivity contribution < 1.29 is 28.5 Å².